The van der Waals surface area contributed by atoms with Gasteiger partial charge in [0.05, 0.1) is 12.5 Å². The van der Waals surface area contributed by atoms with Crippen molar-refractivity contribution >= 4 is 29.7 Å². The van der Waals surface area contributed by atoms with Gasteiger partial charge in [0, 0.05) is 6.42 Å². The summed E-state index contributed by atoms with van der Waals surface area (Å²) >= 11 is 0. The van der Waals surface area contributed by atoms with Gasteiger partial charge in [-0.1, -0.05) is 20.3 Å². The number of nitrogens with one attached hydrogen (secondary N) is 2. The van der Waals surface area contributed by atoms with Gasteiger partial charge in [0.2, 0.25) is 17.7 Å². The van der Waals surface area contributed by atoms with Gasteiger partial charge in [-0.15, -0.1) is 0 Å². The number of primary amides is 1. The molecule has 26 heavy (non-hydrogen) atoms. The summed E-state index contributed by atoms with van der Waals surface area (Å²) in [5, 5.41) is 22.3. The summed E-state index contributed by atoms with van der Waals surface area (Å²) in [6.45, 7) is 3.37. The van der Waals surface area contributed by atoms with Crippen LogP contribution in [0.15, 0.2) is 0 Å². The molecule has 0 aliphatic carbocycles. The third-order valence-corrected chi connectivity index (χ3v) is 3.82. The SMILES string of the molecule is CCC(C)C(NC(=O)C(CC(N)=O)NC(=O)C(N)CCC(=O)O)C(=O)O. The van der Waals surface area contributed by atoms with Gasteiger partial charge in [-0.3, -0.25) is 19.2 Å². The molecule has 0 aromatic heterocycles. The number of hydrogen-bond acceptors (Lipinski definition) is 6. The maximum atomic E-state index is 12.3. The largest absolute Gasteiger partial charge is 0.481 e. The van der Waals surface area contributed by atoms with Crippen molar-refractivity contribution in [2.24, 2.45) is 17.4 Å². The van der Waals surface area contributed by atoms with E-state index in [4.69, 9.17) is 16.6 Å². The van der Waals surface area contributed by atoms with Crippen LogP contribution in [0, 0.1) is 5.92 Å². The molecule has 0 aromatic rings. The van der Waals surface area contributed by atoms with E-state index in [1.54, 1.807) is 13.8 Å². The average molecular weight is 374 g/mol. The number of aliphatic carboxylic acids is 2. The third kappa shape index (κ3) is 8.42. The summed E-state index contributed by atoms with van der Waals surface area (Å²) in [7, 11) is 0. The molecule has 0 spiro atoms. The van der Waals surface area contributed by atoms with Gasteiger partial charge in [-0.05, 0) is 12.3 Å². The molecule has 0 saturated heterocycles. The molecule has 148 valence electrons. The van der Waals surface area contributed by atoms with Crippen LogP contribution in [0.4, 0.5) is 0 Å². The van der Waals surface area contributed by atoms with Gasteiger partial charge in [-0.2, -0.15) is 0 Å². The molecule has 11 nitrogen and oxygen atoms in total. The van der Waals surface area contributed by atoms with Crippen LogP contribution in [0.25, 0.3) is 0 Å². The van der Waals surface area contributed by atoms with Gasteiger partial charge >= 0.3 is 11.9 Å². The van der Waals surface area contributed by atoms with Crippen LogP contribution in [-0.2, 0) is 24.0 Å². The monoisotopic (exact) mass is 374 g/mol. The lowest BCUT2D eigenvalue weighted by Gasteiger charge is -2.24. The fourth-order valence-electron chi connectivity index (χ4n) is 2.04. The fourth-order valence-corrected chi connectivity index (χ4v) is 2.04. The molecular weight excluding hydrogens is 348 g/mol. The number of carbonyl (C=O) groups excluding carboxylic acids is 3. The lowest BCUT2D eigenvalue weighted by molar-refractivity contribution is -0.143. The number of carboxylic acids is 2. The zero-order chi connectivity index (χ0) is 20.4. The second-order valence-electron chi connectivity index (χ2n) is 5.98. The highest BCUT2D eigenvalue weighted by molar-refractivity contribution is 5.94. The molecule has 0 rings (SSSR count). The Morgan fingerprint density at radius 2 is 1.62 bits per heavy atom. The molecule has 0 aliphatic heterocycles. The van der Waals surface area contributed by atoms with Crippen LogP contribution in [0.5, 0.6) is 0 Å². The maximum Gasteiger partial charge on any atom is 0.326 e. The van der Waals surface area contributed by atoms with Crippen molar-refractivity contribution in [3.63, 3.8) is 0 Å². The first-order valence-corrected chi connectivity index (χ1v) is 8.08. The summed E-state index contributed by atoms with van der Waals surface area (Å²) < 4.78 is 0. The Labute approximate surface area is 150 Å². The first-order chi connectivity index (χ1) is 12.0. The second kappa shape index (κ2) is 11.0. The van der Waals surface area contributed by atoms with E-state index < -0.39 is 54.2 Å². The Balaban J connectivity index is 5.08. The Hall–Kier alpha value is -2.69. The highest BCUT2D eigenvalue weighted by Gasteiger charge is 2.31. The lowest BCUT2D eigenvalue weighted by atomic mass is 9.98. The molecule has 4 unspecified atom stereocenters. The molecule has 0 aromatic carbocycles. The zero-order valence-electron chi connectivity index (χ0n) is 14.7. The molecule has 0 bridgehead atoms. The molecule has 11 heteroatoms. The highest BCUT2D eigenvalue weighted by atomic mass is 16.4. The minimum atomic E-state index is -1.42. The van der Waals surface area contributed by atoms with Gasteiger partial charge in [-0.25, -0.2) is 4.79 Å². The molecule has 0 radical (unpaired) electrons. The quantitative estimate of drug-likeness (QED) is 0.228. The predicted octanol–water partition coefficient (Wildman–Crippen LogP) is -1.85. The van der Waals surface area contributed by atoms with Crippen LogP contribution in [0.1, 0.15) is 39.5 Å². The van der Waals surface area contributed by atoms with Gasteiger partial charge in [0.1, 0.15) is 12.1 Å². The van der Waals surface area contributed by atoms with Crippen molar-refractivity contribution in [2.75, 3.05) is 0 Å². The van der Waals surface area contributed by atoms with Crippen molar-refractivity contribution in [3.05, 3.63) is 0 Å². The van der Waals surface area contributed by atoms with E-state index in [1.165, 1.54) is 0 Å². The van der Waals surface area contributed by atoms with Crippen LogP contribution in [-0.4, -0.2) is 58.0 Å². The van der Waals surface area contributed by atoms with Crippen LogP contribution >= 0.6 is 0 Å². The zero-order valence-corrected chi connectivity index (χ0v) is 14.7. The first kappa shape index (κ1) is 23.3. The van der Waals surface area contributed by atoms with E-state index in [-0.39, 0.29) is 18.8 Å². The van der Waals surface area contributed by atoms with Crippen molar-refractivity contribution in [2.45, 2.75) is 57.7 Å². The van der Waals surface area contributed by atoms with E-state index in [9.17, 15) is 29.1 Å². The Bertz CT molecular complexity index is 552. The molecule has 0 heterocycles. The number of hydrogen-bond donors (Lipinski definition) is 6. The molecule has 0 fully saturated rings. The number of amides is 3. The second-order valence-corrected chi connectivity index (χ2v) is 5.98. The first-order valence-electron chi connectivity index (χ1n) is 8.08. The van der Waals surface area contributed by atoms with Crippen molar-refractivity contribution in [3.8, 4) is 0 Å². The van der Waals surface area contributed by atoms with Crippen molar-refractivity contribution < 1.29 is 34.2 Å². The Morgan fingerprint density at radius 1 is 1.04 bits per heavy atom. The van der Waals surface area contributed by atoms with Crippen molar-refractivity contribution in [1.82, 2.24) is 10.6 Å². The molecule has 0 aliphatic rings. The van der Waals surface area contributed by atoms with E-state index in [2.05, 4.69) is 10.6 Å². The van der Waals surface area contributed by atoms with Crippen LogP contribution < -0.4 is 22.1 Å². The van der Waals surface area contributed by atoms with Crippen LogP contribution in [0.3, 0.4) is 0 Å². The minimum Gasteiger partial charge on any atom is -0.481 e. The topological polar surface area (TPSA) is 202 Å². The summed E-state index contributed by atoms with van der Waals surface area (Å²) in [4.78, 5) is 57.2. The summed E-state index contributed by atoms with van der Waals surface area (Å²) in [6.07, 6.45) is -0.604. The standard InChI is InChI=1S/C15H26N4O7/c1-3-7(2)12(15(25)26)19-14(24)9(6-10(17)20)18-13(23)8(16)4-5-11(21)22/h7-9,12H,3-6,16H2,1-2H3,(H2,17,20)(H,18,23)(H,19,24)(H,21,22)(H,25,26). The Kier molecular flexibility index (Phi) is 9.89. The van der Waals surface area contributed by atoms with Gasteiger partial charge < -0.3 is 32.3 Å². The normalized spacial score (nSPS) is 15.2. The fraction of sp³-hybridized carbons (Fsp3) is 0.667. The molecule has 3 amide bonds. The van der Waals surface area contributed by atoms with Crippen LogP contribution in [0.2, 0.25) is 0 Å². The minimum absolute atomic E-state index is 0.170. The van der Waals surface area contributed by atoms with E-state index in [0.29, 0.717) is 6.42 Å². The average Bonchev–Trinajstić information content (AvgIpc) is 2.54. The van der Waals surface area contributed by atoms with E-state index in [1.807, 2.05) is 0 Å². The highest BCUT2D eigenvalue weighted by Crippen LogP contribution is 2.09. The van der Waals surface area contributed by atoms with Gasteiger partial charge in [0.25, 0.3) is 0 Å². The molecule has 4 atom stereocenters. The van der Waals surface area contributed by atoms with E-state index in [0.717, 1.165) is 0 Å². The van der Waals surface area contributed by atoms with Crippen molar-refractivity contribution in [1.29, 1.82) is 0 Å². The third-order valence-electron chi connectivity index (χ3n) is 3.82. The lowest BCUT2D eigenvalue weighted by Crippen LogP contribution is -2.56. The summed E-state index contributed by atoms with van der Waals surface area (Å²) in [5.74, 6) is -5.41. The summed E-state index contributed by atoms with van der Waals surface area (Å²) in [5.41, 5.74) is 10.6. The Morgan fingerprint density at radius 3 is 2.04 bits per heavy atom. The summed E-state index contributed by atoms with van der Waals surface area (Å²) in [6, 6.07) is -3.83. The smallest absolute Gasteiger partial charge is 0.326 e. The van der Waals surface area contributed by atoms with Gasteiger partial charge in [0.15, 0.2) is 0 Å². The number of carboxylic acid groups (broad SMARTS) is 2. The van der Waals surface area contributed by atoms with E-state index >= 15 is 0 Å². The number of nitrogens with two attached hydrogens (primary N) is 2. The number of carbonyl (C=O) groups is 5. The molecule has 8 N–H and O–H groups in total. The maximum absolute atomic E-state index is 12.3. The molecule has 0 saturated carbocycles. The number of rotatable bonds is 12. The predicted molar refractivity (Wildman–Crippen MR) is 89.6 cm³/mol. The molecular formula is C15H26N4O7.